The summed E-state index contributed by atoms with van der Waals surface area (Å²) in [4.78, 5) is 34.7. The third-order valence-corrected chi connectivity index (χ3v) is 3.96. The summed E-state index contributed by atoms with van der Waals surface area (Å²) in [6.45, 7) is 2.25. The number of esters is 1. The van der Waals surface area contributed by atoms with Gasteiger partial charge >= 0.3 is 5.97 Å². The average molecular weight is 352 g/mol. The number of aromatic nitrogens is 1. The Bertz CT molecular complexity index is 1060. The quantitative estimate of drug-likeness (QED) is 0.400. The Hall–Kier alpha value is -3.48. The van der Waals surface area contributed by atoms with Crippen molar-refractivity contribution in [3.8, 4) is 0 Å². The minimum atomic E-state index is -0.475. The molecule has 0 aliphatic heterocycles. The summed E-state index contributed by atoms with van der Waals surface area (Å²) in [7, 11) is 0. The van der Waals surface area contributed by atoms with E-state index in [0.717, 1.165) is 5.56 Å². The first-order valence-electron chi connectivity index (χ1n) is 8.03. The van der Waals surface area contributed by atoms with Crippen molar-refractivity contribution in [3.05, 3.63) is 86.2 Å². The fraction of sp³-hybridized carbons (Fsp3) is 0.158. The topological polar surface area (TPSA) is 91.4 Å². The van der Waals surface area contributed by atoms with Crippen molar-refractivity contribution in [1.82, 2.24) is 4.57 Å². The fourth-order valence-corrected chi connectivity index (χ4v) is 2.76. The summed E-state index contributed by atoms with van der Waals surface area (Å²) in [5.74, 6) is -0.421. The first kappa shape index (κ1) is 17.3. The van der Waals surface area contributed by atoms with Crippen LogP contribution in [-0.2, 0) is 11.3 Å². The summed E-state index contributed by atoms with van der Waals surface area (Å²) in [6.07, 6.45) is 0. The largest absolute Gasteiger partial charge is 0.462 e. The van der Waals surface area contributed by atoms with Crippen LogP contribution in [0.1, 0.15) is 22.8 Å². The molecule has 132 valence electrons. The summed E-state index contributed by atoms with van der Waals surface area (Å²) >= 11 is 0. The van der Waals surface area contributed by atoms with E-state index < -0.39 is 10.9 Å². The highest BCUT2D eigenvalue weighted by molar-refractivity contribution is 5.89. The number of nitrogens with zero attached hydrogens (tertiary/aromatic N) is 2. The molecule has 0 atom stereocenters. The van der Waals surface area contributed by atoms with Gasteiger partial charge in [-0.1, -0.05) is 12.1 Å². The summed E-state index contributed by atoms with van der Waals surface area (Å²) in [5, 5.41) is 11.5. The first-order chi connectivity index (χ1) is 12.5. The molecular formula is C19H16N2O5. The summed E-state index contributed by atoms with van der Waals surface area (Å²) < 4.78 is 6.51. The van der Waals surface area contributed by atoms with Crippen LogP contribution in [0.25, 0.3) is 10.9 Å². The van der Waals surface area contributed by atoms with Gasteiger partial charge in [-0.3, -0.25) is 14.9 Å². The molecule has 0 fully saturated rings. The predicted molar refractivity (Wildman–Crippen MR) is 96.4 cm³/mol. The van der Waals surface area contributed by atoms with E-state index in [0.29, 0.717) is 16.5 Å². The van der Waals surface area contributed by atoms with Crippen molar-refractivity contribution in [1.29, 1.82) is 0 Å². The minimum Gasteiger partial charge on any atom is -0.462 e. The molecule has 3 rings (SSSR count). The number of hydrogen-bond donors (Lipinski definition) is 0. The fourth-order valence-electron chi connectivity index (χ4n) is 2.76. The molecular weight excluding hydrogens is 336 g/mol. The number of fused-ring (bicyclic) bond motifs is 1. The number of nitro benzene ring substituents is 1. The van der Waals surface area contributed by atoms with E-state index in [-0.39, 0.29) is 24.4 Å². The van der Waals surface area contributed by atoms with Gasteiger partial charge in [-0.05, 0) is 36.8 Å². The van der Waals surface area contributed by atoms with Gasteiger partial charge in [0.1, 0.15) is 0 Å². The van der Waals surface area contributed by atoms with Crippen LogP contribution >= 0.6 is 0 Å². The molecule has 1 heterocycles. The number of benzene rings is 2. The van der Waals surface area contributed by atoms with Crippen molar-refractivity contribution >= 4 is 22.6 Å². The van der Waals surface area contributed by atoms with Crippen LogP contribution in [-0.4, -0.2) is 22.1 Å². The van der Waals surface area contributed by atoms with Gasteiger partial charge < -0.3 is 9.30 Å². The van der Waals surface area contributed by atoms with Crippen LogP contribution < -0.4 is 5.56 Å². The Morgan fingerprint density at radius 1 is 1.15 bits per heavy atom. The maximum atomic E-state index is 12.3. The molecule has 0 saturated heterocycles. The van der Waals surface area contributed by atoms with E-state index >= 15 is 0 Å². The number of rotatable bonds is 5. The molecule has 7 nitrogen and oxygen atoms in total. The highest BCUT2D eigenvalue weighted by Gasteiger charge is 2.11. The summed E-state index contributed by atoms with van der Waals surface area (Å²) in [6, 6.07) is 14.2. The SMILES string of the molecule is CCOC(=O)c1cccc(Cn2c(=O)ccc3cc([N+](=O)[O-])ccc32)c1. The van der Waals surface area contributed by atoms with Crippen LogP contribution in [0.4, 0.5) is 5.69 Å². The smallest absolute Gasteiger partial charge is 0.338 e. The van der Waals surface area contributed by atoms with Gasteiger partial charge in [0.2, 0.25) is 0 Å². The van der Waals surface area contributed by atoms with Crippen LogP contribution in [0.5, 0.6) is 0 Å². The molecule has 26 heavy (non-hydrogen) atoms. The van der Waals surface area contributed by atoms with Crippen molar-refractivity contribution < 1.29 is 14.5 Å². The molecule has 0 aliphatic rings. The molecule has 2 aromatic carbocycles. The van der Waals surface area contributed by atoms with Gasteiger partial charge in [0.25, 0.3) is 11.2 Å². The zero-order valence-electron chi connectivity index (χ0n) is 14.0. The Balaban J connectivity index is 2.02. The minimum absolute atomic E-state index is 0.0352. The molecule has 0 amide bonds. The van der Waals surface area contributed by atoms with Crippen molar-refractivity contribution in [3.63, 3.8) is 0 Å². The van der Waals surface area contributed by atoms with Gasteiger partial charge in [-0.15, -0.1) is 0 Å². The standard InChI is InChI=1S/C19H16N2O5/c1-2-26-19(23)15-5-3-4-13(10-15)12-20-17-8-7-16(21(24)25)11-14(17)6-9-18(20)22/h3-11H,2,12H2,1H3. The highest BCUT2D eigenvalue weighted by Crippen LogP contribution is 2.20. The Kier molecular flexibility index (Phi) is 4.79. The van der Waals surface area contributed by atoms with Gasteiger partial charge in [-0.25, -0.2) is 4.79 Å². The lowest BCUT2D eigenvalue weighted by Crippen LogP contribution is -2.20. The van der Waals surface area contributed by atoms with Crippen LogP contribution in [0.2, 0.25) is 0 Å². The van der Waals surface area contributed by atoms with E-state index in [1.165, 1.54) is 22.8 Å². The molecule has 0 spiro atoms. The van der Waals surface area contributed by atoms with Crippen molar-refractivity contribution in [2.24, 2.45) is 0 Å². The second kappa shape index (κ2) is 7.18. The van der Waals surface area contributed by atoms with Gasteiger partial charge in [-0.2, -0.15) is 0 Å². The zero-order chi connectivity index (χ0) is 18.7. The van der Waals surface area contributed by atoms with E-state index in [1.807, 2.05) is 0 Å². The van der Waals surface area contributed by atoms with Crippen molar-refractivity contribution in [2.75, 3.05) is 6.61 Å². The van der Waals surface area contributed by atoms with E-state index in [4.69, 9.17) is 4.74 Å². The van der Waals surface area contributed by atoms with Crippen LogP contribution in [0.3, 0.4) is 0 Å². The van der Waals surface area contributed by atoms with Gasteiger partial charge in [0.15, 0.2) is 0 Å². The molecule has 3 aromatic rings. The lowest BCUT2D eigenvalue weighted by molar-refractivity contribution is -0.384. The molecule has 0 unspecified atom stereocenters. The maximum absolute atomic E-state index is 12.3. The van der Waals surface area contributed by atoms with Gasteiger partial charge in [0.05, 0.1) is 29.2 Å². The van der Waals surface area contributed by atoms with Crippen molar-refractivity contribution in [2.45, 2.75) is 13.5 Å². The number of carbonyl (C=O) groups is 1. The molecule has 0 N–H and O–H groups in total. The van der Waals surface area contributed by atoms with E-state index in [2.05, 4.69) is 0 Å². The number of nitro groups is 1. The molecule has 1 aromatic heterocycles. The third kappa shape index (κ3) is 3.46. The molecule has 0 radical (unpaired) electrons. The monoisotopic (exact) mass is 352 g/mol. The Morgan fingerprint density at radius 2 is 1.96 bits per heavy atom. The number of pyridine rings is 1. The Labute approximate surface area is 148 Å². The second-order valence-electron chi connectivity index (χ2n) is 5.68. The number of carbonyl (C=O) groups excluding carboxylic acids is 1. The molecule has 0 bridgehead atoms. The normalized spacial score (nSPS) is 10.7. The Morgan fingerprint density at radius 3 is 2.69 bits per heavy atom. The lowest BCUT2D eigenvalue weighted by atomic mass is 10.1. The maximum Gasteiger partial charge on any atom is 0.338 e. The van der Waals surface area contributed by atoms with Crippen LogP contribution in [0, 0.1) is 10.1 Å². The predicted octanol–water partition coefficient (Wildman–Crippen LogP) is 3.13. The lowest BCUT2D eigenvalue weighted by Gasteiger charge is -2.11. The average Bonchev–Trinajstić information content (AvgIpc) is 2.64. The van der Waals surface area contributed by atoms with E-state index in [9.17, 15) is 19.7 Å². The zero-order valence-corrected chi connectivity index (χ0v) is 14.0. The number of hydrogen-bond acceptors (Lipinski definition) is 5. The second-order valence-corrected chi connectivity index (χ2v) is 5.68. The molecule has 0 saturated carbocycles. The molecule has 7 heteroatoms. The third-order valence-electron chi connectivity index (χ3n) is 3.96. The number of non-ortho nitro benzene ring substituents is 1. The number of ether oxygens (including phenoxy) is 1. The summed E-state index contributed by atoms with van der Waals surface area (Å²) in [5.41, 5.74) is 1.49. The van der Waals surface area contributed by atoms with Gasteiger partial charge in [0, 0.05) is 23.6 Å². The van der Waals surface area contributed by atoms with Crippen LogP contribution in [0.15, 0.2) is 59.4 Å². The first-order valence-corrected chi connectivity index (χ1v) is 8.03. The highest BCUT2D eigenvalue weighted by atomic mass is 16.6. The molecule has 0 aliphatic carbocycles. The van der Waals surface area contributed by atoms with E-state index in [1.54, 1.807) is 43.3 Å².